The summed E-state index contributed by atoms with van der Waals surface area (Å²) in [6.07, 6.45) is 5.64. The second-order valence-electron chi connectivity index (χ2n) is 4.22. The number of aryl methyl sites for hydroxylation is 1. The fourth-order valence-electron chi connectivity index (χ4n) is 1.67. The molecule has 19 heavy (non-hydrogen) atoms. The molecule has 2 aromatic rings. The normalized spacial score (nSPS) is 11.6. The first-order valence-electron chi connectivity index (χ1n) is 6.30. The maximum absolute atomic E-state index is 4.79. The lowest BCUT2D eigenvalue weighted by atomic mass is 10.3. The van der Waals surface area contributed by atoms with Crippen molar-refractivity contribution in [1.29, 1.82) is 0 Å². The number of aromatic nitrogens is 2. The van der Waals surface area contributed by atoms with E-state index in [4.69, 9.17) is 4.52 Å². The molecule has 2 N–H and O–H groups in total. The van der Waals surface area contributed by atoms with Crippen LogP contribution in [0.4, 0.5) is 0 Å². The maximum atomic E-state index is 4.79. The van der Waals surface area contributed by atoms with Crippen molar-refractivity contribution in [2.24, 2.45) is 12.0 Å². The number of aliphatic imine (C=N–C) groups is 1. The number of guanidine groups is 1. The van der Waals surface area contributed by atoms with E-state index >= 15 is 0 Å². The summed E-state index contributed by atoms with van der Waals surface area (Å²) >= 11 is 0. The van der Waals surface area contributed by atoms with Crippen molar-refractivity contribution in [2.45, 2.75) is 20.0 Å². The summed E-state index contributed by atoms with van der Waals surface area (Å²) < 4.78 is 6.80. The van der Waals surface area contributed by atoms with E-state index in [0.717, 1.165) is 18.2 Å². The molecule has 2 aromatic heterocycles. The van der Waals surface area contributed by atoms with Crippen molar-refractivity contribution < 1.29 is 4.52 Å². The van der Waals surface area contributed by atoms with Crippen LogP contribution < -0.4 is 10.6 Å². The van der Waals surface area contributed by atoms with Crippen molar-refractivity contribution in [2.75, 3.05) is 6.54 Å². The lowest BCUT2D eigenvalue weighted by Gasteiger charge is -2.09. The molecule has 0 amide bonds. The first kappa shape index (κ1) is 13.2. The Morgan fingerprint density at radius 3 is 2.95 bits per heavy atom. The van der Waals surface area contributed by atoms with Crippen LogP contribution in [0.15, 0.2) is 40.3 Å². The zero-order valence-electron chi connectivity index (χ0n) is 11.3. The number of nitrogens with zero attached hydrogens (tertiary/aromatic N) is 3. The van der Waals surface area contributed by atoms with Crippen molar-refractivity contribution in [3.8, 4) is 0 Å². The highest BCUT2D eigenvalue weighted by Crippen LogP contribution is 2.01. The number of hydrogen-bond acceptors (Lipinski definition) is 3. The van der Waals surface area contributed by atoms with Gasteiger partial charge in [0.25, 0.3) is 0 Å². The van der Waals surface area contributed by atoms with Crippen molar-refractivity contribution >= 4 is 5.96 Å². The van der Waals surface area contributed by atoms with Gasteiger partial charge in [-0.25, -0.2) is 4.99 Å². The summed E-state index contributed by atoms with van der Waals surface area (Å²) in [5, 5.41) is 10.3. The lowest BCUT2D eigenvalue weighted by molar-refractivity contribution is 0.410. The molecule has 0 atom stereocenters. The first-order chi connectivity index (χ1) is 9.28. The Labute approximate surface area is 112 Å². The molecule has 0 saturated carbocycles. The fraction of sp³-hybridized carbons (Fsp3) is 0.385. The molecule has 0 aromatic carbocycles. The van der Waals surface area contributed by atoms with E-state index in [1.165, 1.54) is 5.56 Å². The third-order valence-electron chi connectivity index (χ3n) is 2.59. The topological polar surface area (TPSA) is 67.4 Å². The molecule has 0 radical (unpaired) electrons. The van der Waals surface area contributed by atoms with Crippen LogP contribution in [0.25, 0.3) is 0 Å². The Morgan fingerprint density at radius 2 is 2.32 bits per heavy atom. The van der Waals surface area contributed by atoms with Gasteiger partial charge in [-0.3, -0.25) is 0 Å². The van der Waals surface area contributed by atoms with Gasteiger partial charge in [0, 0.05) is 32.1 Å². The molecule has 0 unspecified atom stereocenters. The zero-order valence-corrected chi connectivity index (χ0v) is 11.3. The van der Waals surface area contributed by atoms with Crippen LogP contribution in [-0.4, -0.2) is 22.2 Å². The molecule has 102 valence electrons. The van der Waals surface area contributed by atoms with Crippen molar-refractivity contribution in [3.63, 3.8) is 0 Å². The largest absolute Gasteiger partial charge is 0.364 e. The third-order valence-corrected chi connectivity index (χ3v) is 2.59. The average molecular weight is 261 g/mol. The first-order valence-corrected chi connectivity index (χ1v) is 6.30. The van der Waals surface area contributed by atoms with E-state index in [1.807, 2.05) is 30.8 Å². The van der Waals surface area contributed by atoms with E-state index in [1.54, 1.807) is 6.26 Å². The van der Waals surface area contributed by atoms with Crippen LogP contribution in [0.2, 0.25) is 0 Å². The highest BCUT2D eigenvalue weighted by molar-refractivity contribution is 5.79. The Morgan fingerprint density at radius 1 is 1.42 bits per heavy atom. The molecule has 0 spiro atoms. The van der Waals surface area contributed by atoms with Gasteiger partial charge >= 0.3 is 0 Å². The number of rotatable bonds is 5. The molecule has 0 bridgehead atoms. The predicted molar refractivity (Wildman–Crippen MR) is 73.6 cm³/mol. The molecule has 2 rings (SSSR count). The Bertz CT molecular complexity index is 515. The molecule has 0 aliphatic rings. The van der Waals surface area contributed by atoms with Crippen LogP contribution in [0, 0.1) is 0 Å². The van der Waals surface area contributed by atoms with E-state index in [9.17, 15) is 0 Å². The summed E-state index contributed by atoms with van der Waals surface area (Å²) in [6.45, 7) is 4.10. The summed E-state index contributed by atoms with van der Waals surface area (Å²) in [6, 6.07) is 3.89. The van der Waals surface area contributed by atoms with Crippen LogP contribution in [0.1, 0.15) is 18.2 Å². The Hall–Kier alpha value is -2.24. The van der Waals surface area contributed by atoms with E-state index in [0.29, 0.717) is 13.1 Å². The zero-order chi connectivity index (χ0) is 13.5. The third kappa shape index (κ3) is 4.17. The van der Waals surface area contributed by atoms with Crippen molar-refractivity contribution in [3.05, 3.63) is 42.0 Å². The molecular weight excluding hydrogens is 242 g/mol. The van der Waals surface area contributed by atoms with Crippen LogP contribution >= 0.6 is 0 Å². The van der Waals surface area contributed by atoms with Gasteiger partial charge < -0.3 is 19.7 Å². The summed E-state index contributed by atoms with van der Waals surface area (Å²) in [7, 11) is 2.00. The average Bonchev–Trinajstić information content (AvgIpc) is 3.04. The SMILES string of the molecule is CCNC(=NCc1ccn(C)c1)NCc1ccon1. The van der Waals surface area contributed by atoms with Gasteiger partial charge in [0.2, 0.25) is 0 Å². The highest BCUT2D eigenvalue weighted by atomic mass is 16.5. The van der Waals surface area contributed by atoms with Crippen LogP contribution in [0.3, 0.4) is 0 Å². The van der Waals surface area contributed by atoms with Crippen LogP contribution in [-0.2, 0) is 20.1 Å². The fourth-order valence-corrected chi connectivity index (χ4v) is 1.67. The highest BCUT2D eigenvalue weighted by Gasteiger charge is 2.00. The quantitative estimate of drug-likeness (QED) is 0.628. The second kappa shape index (κ2) is 6.63. The molecule has 0 fully saturated rings. The van der Waals surface area contributed by atoms with E-state index < -0.39 is 0 Å². The van der Waals surface area contributed by atoms with E-state index in [-0.39, 0.29) is 0 Å². The molecule has 6 nitrogen and oxygen atoms in total. The maximum Gasteiger partial charge on any atom is 0.191 e. The predicted octanol–water partition coefficient (Wildman–Crippen LogP) is 1.27. The molecule has 2 heterocycles. The smallest absolute Gasteiger partial charge is 0.191 e. The van der Waals surface area contributed by atoms with Gasteiger partial charge in [-0.15, -0.1) is 0 Å². The monoisotopic (exact) mass is 261 g/mol. The van der Waals surface area contributed by atoms with Gasteiger partial charge in [0.15, 0.2) is 5.96 Å². The van der Waals surface area contributed by atoms with Gasteiger partial charge in [0.1, 0.15) is 12.0 Å². The minimum absolute atomic E-state index is 0.594. The second-order valence-corrected chi connectivity index (χ2v) is 4.22. The molecule has 6 heteroatoms. The minimum Gasteiger partial charge on any atom is -0.364 e. The standard InChI is InChI=1S/C13H19N5O/c1-3-14-13(16-9-12-5-7-19-17-12)15-8-11-4-6-18(2)10-11/h4-7,10H,3,8-9H2,1-2H3,(H2,14,15,16). The molecule has 0 aliphatic heterocycles. The Kier molecular flexibility index (Phi) is 4.60. The molecule has 0 saturated heterocycles. The van der Waals surface area contributed by atoms with Crippen LogP contribution in [0.5, 0.6) is 0 Å². The Balaban J connectivity index is 1.90. The van der Waals surface area contributed by atoms with Gasteiger partial charge in [0.05, 0.1) is 13.1 Å². The van der Waals surface area contributed by atoms with Gasteiger partial charge in [-0.2, -0.15) is 0 Å². The van der Waals surface area contributed by atoms with Gasteiger partial charge in [-0.05, 0) is 18.6 Å². The minimum atomic E-state index is 0.594. The number of hydrogen-bond donors (Lipinski definition) is 2. The van der Waals surface area contributed by atoms with E-state index in [2.05, 4.69) is 33.0 Å². The van der Waals surface area contributed by atoms with Crippen molar-refractivity contribution in [1.82, 2.24) is 20.4 Å². The summed E-state index contributed by atoms with van der Waals surface area (Å²) in [5.74, 6) is 0.773. The number of nitrogens with one attached hydrogen (secondary N) is 2. The summed E-state index contributed by atoms with van der Waals surface area (Å²) in [5.41, 5.74) is 2.03. The van der Waals surface area contributed by atoms with Gasteiger partial charge in [-0.1, -0.05) is 5.16 Å². The summed E-state index contributed by atoms with van der Waals surface area (Å²) in [4.78, 5) is 4.52. The molecular formula is C13H19N5O. The molecule has 0 aliphatic carbocycles. The lowest BCUT2D eigenvalue weighted by Crippen LogP contribution is -2.36.